The van der Waals surface area contributed by atoms with Crippen LogP contribution in [-0.4, -0.2) is 45.7 Å². The second-order valence-electron chi connectivity index (χ2n) is 10.9. The van der Waals surface area contributed by atoms with Crippen LogP contribution in [0.5, 0.6) is 0 Å². The SMILES string of the molecule is CC[C@@H]1C[C@H]2[C@@H]3C[C@H]4OC[C@@]5(CC[C@H](O)C[C@]45Br)[C@H]3CC[C@]2(C)[C@H]1C(=O)CO. The highest BCUT2D eigenvalue weighted by Gasteiger charge is 2.72. The van der Waals surface area contributed by atoms with Crippen molar-refractivity contribution in [1.82, 2.24) is 0 Å². The number of hydrogen-bond acceptors (Lipinski definition) is 4. The van der Waals surface area contributed by atoms with Crippen LogP contribution >= 0.6 is 15.9 Å². The normalized spacial score (nSPS) is 57.4. The van der Waals surface area contributed by atoms with Gasteiger partial charge in [0.15, 0.2) is 5.78 Å². The number of ether oxygens (including phenoxy) is 1. The van der Waals surface area contributed by atoms with Gasteiger partial charge in [-0.3, -0.25) is 4.79 Å². The predicted molar refractivity (Wildman–Crippen MR) is 110 cm³/mol. The Kier molecular flexibility index (Phi) is 4.64. The molecule has 4 saturated carbocycles. The maximum atomic E-state index is 12.7. The Morgan fingerprint density at radius 1 is 1.21 bits per heavy atom. The molecule has 1 heterocycles. The van der Waals surface area contributed by atoms with E-state index < -0.39 is 0 Å². The highest BCUT2D eigenvalue weighted by molar-refractivity contribution is 9.10. The molecule has 1 saturated heterocycles. The van der Waals surface area contributed by atoms with Gasteiger partial charge in [0.1, 0.15) is 6.61 Å². The summed E-state index contributed by atoms with van der Waals surface area (Å²) in [6.07, 6.45) is 8.17. The molecule has 5 rings (SSSR count). The van der Waals surface area contributed by atoms with Crippen molar-refractivity contribution in [1.29, 1.82) is 0 Å². The monoisotopic (exact) mass is 454 g/mol. The number of carbonyl (C=O) groups excluding carboxylic acids is 1. The van der Waals surface area contributed by atoms with Gasteiger partial charge in [0.05, 0.1) is 23.1 Å². The van der Waals surface area contributed by atoms with Crippen molar-refractivity contribution in [3.8, 4) is 0 Å². The van der Waals surface area contributed by atoms with Crippen molar-refractivity contribution in [2.24, 2.45) is 40.4 Å². The van der Waals surface area contributed by atoms with Crippen molar-refractivity contribution in [2.75, 3.05) is 13.2 Å². The van der Waals surface area contributed by atoms with Gasteiger partial charge < -0.3 is 14.9 Å². The first kappa shape index (κ1) is 20.0. The number of ketones is 1. The van der Waals surface area contributed by atoms with Crippen molar-refractivity contribution in [3.05, 3.63) is 0 Å². The number of hydrogen-bond donors (Lipinski definition) is 2. The summed E-state index contributed by atoms with van der Waals surface area (Å²) in [5, 5.41) is 20.1. The molecule has 0 radical (unpaired) electrons. The lowest BCUT2D eigenvalue weighted by atomic mass is 9.44. The van der Waals surface area contributed by atoms with Crippen LogP contribution < -0.4 is 0 Å². The first-order valence-corrected chi connectivity index (χ1v) is 12.2. The average Bonchev–Trinajstić information content (AvgIpc) is 3.05. The molecule has 5 heteroatoms. The first-order chi connectivity index (χ1) is 13.3. The number of carbonyl (C=O) groups is 1. The molecule has 0 aromatic rings. The summed E-state index contributed by atoms with van der Waals surface area (Å²) in [4.78, 5) is 12.7. The maximum Gasteiger partial charge on any atom is 0.162 e. The van der Waals surface area contributed by atoms with E-state index in [1.54, 1.807) is 0 Å². The molecular weight excluding hydrogens is 420 g/mol. The first-order valence-electron chi connectivity index (χ1n) is 11.4. The summed E-state index contributed by atoms with van der Waals surface area (Å²) in [7, 11) is 0. The molecule has 0 aromatic heterocycles. The molecule has 4 nitrogen and oxygen atoms in total. The number of aliphatic hydroxyl groups is 2. The summed E-state index contributed by atoms with van der Waals surface area (Å²) in [6.45, 7) is 5.08. The van der Waals surface area contributed by atoms with Gasteiger partial charge in [0, 0.05) is 11.3 Å². The molecule has 5 fully saturated rings. The minimum atomic E-state index is -0.310. The molecule has 4 aliphatic carbocycles. The topological polar surface area (TPSA) is 66.8 Å². The van der Waals surface area contributed by atoms with E-state index >= 15 is 0 Å². The summed E-state index contributed by atoms with van der Waals surface area (Å²) in [5.41, 5.74) is 0.167. The number of rotatable bonds is 3. The van der Waals surface area contributed by atoms with E-state index in [9.17, 15) is 15.0 Å². The van der Waals surface area contributed by atoms with Gasteiger partial charge in [-0.25, -0.2) is 0 Å². The van der Waals surface area contributed by atoms with E-state index in [1.807, 2.05) is 0 Å². The molecule has 0 aromatic carbocycles. The van der Waals surface area contributed by atoms with Crippen molar-refractivity contribution in [3.63, 3.8) is 0 Å². The quantitative estimate of drug-likeness (QED) is 0.637. The molecule has 2 N–H and O–H groups in total. The van der Waals surface area contributed by atoms with Crippen molar-refractivity contribution >= 4 is 21.7 Å². The third-order valence-electron chi connectivity index (χ3n) is 10.2. The number of halogens is 1. The lowest BCUT2D eigenvalue weighted by molar-refractivity contribution is -0.137. The van der Waals surface area contributed by atoms with Gasteiger partial charge in [-0.1, -0.05) is 36.2 Å². The number of aliphatic hydroxyl groups excluding tert-OH is 2. The van der Waals surface area contributed by atoms with E-state index in [1.165, 1.54) is 0 Å². The summed E-state index contributed by atoms with van der Waals surface area (Å²) in [6, 6.07) is 0. The third kappa shape index (κ3) is 2.31. The van der Waals surface area contributed by atoms with E-state index in [0.717, 1.165) is 58.0 Å². The van der Waals surface area contributed by atoms with Crippen LogP contribution in [0.3, 0.4) is 0 Å². The Labute approximate surface area is 176 Å². The van der Waals surface area contributed by atoms with Crippen LogP contribution in [0, 0.1) is 40.4 Å². The fourth-order valence-electron chi connectivity index (χ4n) is 9.02. The molecule has 1 aliphatic heterocycles. The lowest BCUT2D eigenvalue weighted by Gasteiger charge is -2.62. The van der Waals surface area contributed by atoms with Gasteiger partial charge >= 0.3 is 0 Å². The zero-order valence-electron chi connectivity index (χ0n) is 17.2. The van der Waals surface area contributed by atoms with Gasteiger partial charge in [-0.15, -0.1) is 0 Å². The molecule has 5 aliphatic rings. The van der Waals surface area contributed by atoms with Crippen LogP contribution in [0.4, 0.5) is 0 Å². The Morgan fingerprint density at radius 2 is 2.00 bits per heavy atom. The number of Topliss-reactive ketones (excluding diaryl/α,β-unsaturated/α-hetero) is 1. The number of alkyl halides is 1. The van der Waals surface area contributed by atoms with Crippen LogP contribution in [0.1, 0.15) is 65.2 Å². The van der Waals surface area contributed by atoms with Crippen molar-refractivity contribution < 1.29 is 19.7 Å². The standard InChI is InChI=1S/C23H35BrO4/c1-3-13-8-17-15-9-19-23(24)10-14(26)4-7-22(23,12-28-19)16(15)5-6-21(17,2)20(13)18(27)11-25/h13-17,19-20,25-26H,3-12H2,1-2H3/t13-,14+,15-,16+,17+,19-,20-,21+,22+,23+/m1/s1. The zero-order valence-corrected chi connectivity index (χ0v) is 18.8. The molecule has 28 heavy (non-hydrogen) atoms. The molecule has 0 amide bonds. The molecule has 10 atom stereocenters. The smallest absolute Gasteiger partial charge is 0.162 e. The van der Waals surface area contributed by atoms with Crippen LogP contribution in [0.25, 0.3) is 0 Å². The van der Waals surface area contributed by atoms with Gasteiger partial charge in [-0.05, 0) is 74.0 Å². The fourth-order valence-corrected chi connectivity index (χ4v) is 10.3. The fraction of sp³-hybridized carbons (Fsp3) is 0.957. The van der Waals surface area contributed by atoms with E-state index in [2.05, 4.69) is 29.8 Å². The summed E-state index contributed by atoms with van der Waals surface area (Å²) in [5.74, 6) is 2.29. The largest absolute Gasteiger partial charge is 0.393 e. The Hall–Kier alpha value is 0.0300. The predicted octanol–water partition coefficient (Wildman–Crippen LogP) is 3.71. The van der Waals surface area contributed by atoms with Crippen LogP contribution in [0.2, 0.25) is 0 Å². The van der Waals surface area contributed by atoms with Crippen LogP contribution in [-0.2, 0) is 9.53 Å². The molecule has 0 unspecified atom stereocenters. The lowest BCUT2D eigenvalue weighted by Crippen LogP contribution is -2.63. The summed E-state index contributed by atoms with van der Waals surface area (Å²) >= 11 is 4.14. The van der Waals surface area contributed by atoms with E-state index in [0.29, 0.717) is 23.7 Å². The van der Waals surface area contributed by atoms with E-state index in [-0.39, 0.29) is 45.7 Å². The minimum Gasteiger partial charge on any atom is -0.393 e. The van der Waals surface area contributed by atoms with Gasteiger partial charge in [-0.2, -0.15) is 0 Å². The van der Waals surface area contributed by atoms with Gasteiger partial charge in [0.2, 0.25) is 0 Å². The molecule has 0 spiro atoms. The Balaban J connectivity index is 1.52. The average molecular weight is 455 g/mol. The Bertz CT molecular complexity index is 669. The third-order valence-corrected chi connectivity index (χ3v) is 11.8. The second kappa shape index (κ2) is 6.51. The molecule has 2 bridgehead atoms. The summed E-state index contributed by atoms with van der Waals surface area (Å²) < 4.78 is 6.35. The highest BCUT2D eigenvalue weighted by atomic mass is 79.9. The van der Waals surface area contributed by atoms with Gasteiger partial charge in [0.25, 0.3) is 0 Å². The highest BCUT2D eigenvalue weighted by Crippen LogP contribution is 2.73. The molecule has 158 valence electrons. The molecular formula is C23H35BrO4. The zero-order chi connectivity index (χ0) is 19.9. The van der Waals surface area contributed by atoms with Crippen molar-refractivity contribution in [2.45, 2.75) is 81.7 Å². The minimum absolute atomic E-state index is 0.0216. The Morgan fingerprint density at radius 3 is 2.71 bits per heavy atom. The maximum absolute atomic E-state index is 12.7. The second-order valence-corrected chi connectivity index (χ2v) is 12.3. The number of fused-ring (bicyclic) bond motifs is 3. The van der Waals surface area contributed by atoms with E-state index in [4.69, 9.17) is 4.74 Å². The van der Waals surface area contributed by atoms with Crippen LogP contribution in [0.15, 0.2) is 0 Å².